The molecule has 8 heteroatoms. The Morgan fingerprint density at radius 3 is 2.26 bits per heavy atom. The number of carboxylic acids is 1. The summed E-state index contributed by atoms with van der Waals surface area (Å²) in [6.45, 7) is 5.00. The van der Waals surface area contributed by atoms with Crippen LogP contribution >= 0.6 is 0 Å². The SMILES string of the molecule is CC(C)(C)OC(=O)NC(C(=O)[O-])c1ncccn1.[Li+]. The molecule has 0 radical (unpaired) electrons. The number of nitrogens with zero attached hydrogens (tertiary/aromatic N) is 2. The molecule has 19 heavy (non-hydrogen) atoms. The van der Waals surface area contributed by atoms with Crippen molar-refractivity contribution in [2.45, 2.75) is 32.4 Å². The molecule has 0 spiro atoms. The Bertz CT molecular complexity index is 433. The Morgan fingerprint density at radius 1 is 1.32 bits per heavy atom. The number of hydrogen-bond acceptors (Lipinski definition) is 6. The first-order chi connectivity index (χ1) is 8.29. The Hall–Kier alpha value is -1.58. The molecule has 0 aliphatic rings. The van der Waals surface area contributed by atoms with Gasteiger partial charge in [0.25, 0.3) is 0 Å². The summed E-state index contributed by atoms with van der Waals surface area (Å²) in [6, 6.07) is 0.0876. The number of carbonyl (C=O) groups is 2. The van der Waals surface area contributed by atoms with Crippen LogP contribution in [0.15, 0.2) is 18.5 Å². The number of nitrogens with one attached hydrogen (secondary N) is 1. The van der Waals surface area contributed by atoms with E-state index in [-0.39, 0.29) is 24.7 Å². The normalized spacial score (nSPS) is 11.9. The van der Waals surface area contributed by atoms with Crippen LogP contribution in [-0.2, 0) is 9.53 Å². The maximum atomic E-state index is 11.5. The predicted octanol–water partition coefficient (Wildman–Crippen LogP) is -3.20. The van der Waals surface area contributed by atoms with Crippen LogP contribution in [0.5, 0.6) is 0 Å². The minimum atomic E-state index is -1.51. The number of aromatic nitrogens is 2. The molecule has 7 nitrogen and oxygen atoms in total. The van der Waals surface area contributed by atoms with Gasteiger partial charge in [0.05, 0.1) is 5.97 Å². The van der Waals surface area contributed by atoms with Gasteiger partial charge in [0.1, 0.15) is 11.6 Å². The molecular weight excluding hydrogens is 245 g/mol. The zero-order valence-electron chi connectivity index (χ0n) is 11.3. The van der Waals surface area contributed by atoms with Crippen LogP contribution in [0, 0.1) is 0 Å². The van der Waals surface area contributed by atoms with Gasteiger partial charge in [-0.1, -0.05) is 0 Å². The summed E-state index contributed by atoms with van der Waals surface area (Å²) in [5, 5.41) is 13.1. The molecule has 1 amide bonds. The molecule has 1 unspecified atom stereocenters. The van der Waals surface area contributed by atoms with Crippen LogP contribution in [0.4, 0.5) is 4.79 Å². The molecule has 0 aromatic carbocycles. The monoisotopic (exact) mass is 259 g/mol. The summed E-state index contributed by atoms with van der Waals surface area (Å²) in [5.41, 5.74) is -0.724. The molecule has 0 fully saturated rings. The first kappa shape index (κ1) is 17.4. The van der Waals surface area contributed by atoms with Gasteiger partial charge in [0, 0.05) is 12.4 Å². The van der Waals surface area contributed by atoms with Gasteiger partial charge in [-0.25, -0.2) is 14.8 Å². The van der Waals surface area contributed by atoms with Gasteiger partial charge in [-0.05, 0) is 26.8 Å². The largest absolute Gasteiger partial charge is 1.00 e. The summed E-state index contributed by atoms with van der Waals surface area (Å²) in [7, 11) is 0. The summed E-state index contributed by atoms with van der Waals surface area (Å²) >= 11 is 0. The average Bonchev–Trinajstić information content (AvgIpc) is 2.24. The van der Waals surface area contributed by atoms with Gasteiger partial charge in [-0.2, -0.15) is 0 Å². The number of ether oxygens (including phenoxy) is 1. The fourth-order valence-corrected chi connectivity index (χ4v) is 1.11. The average molecular weight is 259 g/mol. The number of rotatable bonds is 3. The number of hydrogen-bond donors (Lipinski definition) is 1. The fourth-order valence-electron chi connectivity index (χ4n) is 1.11. The summed E-state index contributed by atoms with van der Waals surface area (Å²) in [5.74, 6) is -1.57. The quantitative estimate of drug-likeness (QED) is 0.573. The Labute approximate surface area is 123 Å². The van der Waals surface area contributed by atoms with E-state index in [1.54, 1.807) is 20.8 Å². The number of alkyl carbamates (subject to hydrolysis) is 1. The maximum absolute atomic E-state index is 11.5. The second-order valence-corrected chi connectivity index (χ2v) is 4.51. The number of carbonyl (C=O) groups excluding carboxylic acids is 2. The Balaban J connectivity index is 0.00000324. The van der Waals surface area contributed by atoms with Crippen LogP contribution in [0.1, 0.15) is 32.6 Å². The molecule has 0 aliphatic carbocycles. The first-order valence-corrected chi connectivity index (χ1v) is 5.27. The van der Waals surface area contributed by atoms with Gasteiger partial charge in [-0.15, -0.1) is 0 Å². The third-order valence-corrected chi connectivity index (χ3v) is 1.74. The number of aliphatic carboxylic acids is 1. The summed E-state index contributed by atoms with van der Waals surface area (Å²) in [4.78, 5) is 29.9. The van der Waals surface area contributed by atoms with Gasteiger partial charge in [-0.3, -0.25) is 0 Å². The van der Waals surface area contributed by atoms with Crippen molar-refractivity contribution in [3.05, 3.63) is 24.3 Å². The molecule has 0 bridgehead atoms. The molecule has 1 atom stereocenters. The molecule has 1 heterocycles. The summed E-state index contributed by atoms with van der Waals surface area (Å²) in [6.07, 6.45) is 1.87. The van der Waals surface area contributed by atoms with Gasteiger partial charge in [0.15, 0.2) is 5.82 Å². The maximum Gasteiger partial charge on any atom is 1.00 e. The fraction of sp³-hybridized carbons (Fsp3) is 0.455. The van der Waals surface area contributed by atoms with E-state index < -0.39 is 23.7 Å². The van der Waals surface area contributed by atoms with E-state index in [1.165, 1.54) is 18.5 Å². The topological polar surface area (TPSA) is 104 Å². The zero-order valence-corrected chi connectivity index (χ0v) is 11.3. The molecular formula is C11H14LiN3O4. The second kappa shape index (κ2) is 7.12. The van der Waals surface area contributed by atoms with E-state index in [0.717, 1.165) is 0 Å². The smallest absolute Gasteiger partial charge is 0.547 e. The van der Waals surface area contributed by atoms with E-state index in [1.807, 2.05) is 0 Å². The van der Waals surface area contributed by atoms with E-state index in [2.05, 4.69) is 15.3 Å². The molecule has 1 rings (SSSR count). The second-order valence-electron chi connectivity index (χ2n) is 4.51. The molecule has 1 aromatic rings. The van der Waals surface area contributed by atoms with E-state index in [4.69, 9.17) is 4.74 Å². The van der Waals surface area contributed by atoms with Crippen molar-refractivity contribution in [2.24, 2.45) is 0 Å². The van der Waals surface area contributed by atoms with E-state index in [9.17, 15) is 14.7 Å². The standard InChI is InChI=1S/C11H15N3O4.Li/c1-11(2,3)18-10(17)14-7(9(15)16)8-12-5-4-6-13-8;/h4-7H,1-3H3,(H,14,17)(H,15,16);/q;+1/p-1. The minimum absolute atomic E-state index is 0. The number of carboxylic acid groups (broad SMARTS) is 1. The van der Waals surface area contributed by atoms with Gasteiger partial charge >= 0.3 is 25.0 Å². The minimum Gasteiger partial charge on any atom is -0.547 e. The van der Waals surface area contributed by atoms with Crippen LogP contribution in [0.3, 0.4) is 0 Å². The molecule has 98 valence electrons. The van der Waals surface area contributed by atoms with Crippen LogP contribution in [0.25, 0.3) is 0 Å². The van der Waals surface area contributed by atoms with Crippen LogP contribution in [-0.4, -0.2) is 27.6 Å². The van der Waals surface area contributed by atoms with Crippen molar-refractivity contribution >= 4 is 12.1 Å². The van der Waals surface area contributed by atoms with Gasteiger partial charge < -0.3 is 20.0 Å². The van der Waals surface area contributed by atoms with Crippen molar-refractivity contribution in [1.82, 2.24) is 15.3 Å². The van der Waals surface area contributed by atoms with Crippen LogP contribution in [0.2, 0.25) is 0 Å². The van der Waals surface area contributed by atoms with Crippen molar-refractivity contribution in [3.63, 3.8) is 0 Å². The van der Waals surface area contributed by atoms with Crippen LogP contribution < -0.4 is 29.3 Å². The Kier molecular flexibility index (Phi) is 6.52. The zero-order chi connectivity index (χ0) is 13.8. The third-order valence-electron chi connectivity index (χ3n) is 1.74. The predicted molar refractivity (Wildman–Crippen MR) is 59.1 cm³/mol. The van der Waals surface area contributed by atoms with Crippen molar-refractivity contribution in [1.29, 1.82) is 0 Å². The summed E-state index contributed by atoms with van der Waals surface area (Å²) < 4.78 is 4.94. The Morgan fingerprint density at radius 2 is 1.84 bits per heavy atom. The molecule has 1 aromatic heterocycles. The molecule has 0 saturated heterocycles. The molecule has 0 saturated carbocycles. The van der Waals surface area contributed by atoms with Crippen molar-refractivity contribution in [3.8, 4) is 0 Å². The van der Waals surface area contributed by atoms with Crippen molar-refractivity contribution < 1.29 is 38.3 Å². The number of amides is 1. The third kappa shape index (κ3) is 6.22. The van der Waals surface area contributed by atoms with E-state index >= 15 is 0 Å². The molecule has 0 aliphatic heterocycles. The van der Waals surface area contributed by atoms with Gasteiger partial charge in [0.2, 0.25) is 0 Å². The van der Waals surface area contributed by atoms with E-state index in [0.29, 0.717) is 0 Å². The molecule has 1 N–H and O–H groups in total. The first-order valence-electron chi connectivity index (χ1n) is 5.27. The van der Waals surface area contributed by atoms with Crippen molar-refractivity contribution in [2.75, 3.05) is 0 Å².